The number of rotatable bonds is 6. The van der Waals surface area contributed by atoms with Crippen LogP contribution in [-0.4, -0.2) is 31.1 Å². The molecular formula is C17H26N2O. The van der Waals surface area contributed by atoms with E-state index in [1.54, 1.807) is 0 Å². The van der Waals surface area contributed by atoms with Crippen LogP contribution in [0.25, 0.3) is 0 Å². The van der Waals surface area contributed by atoms with E-state index in [0.717, 1.165) is 44.5 Å². The van der Waals surface area contributed by atoms with E-state index in [1.807, 2.05) is 0 Å². The molecule has 0 radical (unpaired) electrons. The van der Waals surface area contributed by atoms with Gasteiger partial charge in [0.2, 0.25) is 0 Å². The normalized spacial score (nSPS) is 26.9. The van der Waals surface area contributed by atoms with Gasteiger partial charge in [0, 0.05) is 18.7 Å². The Hall–Kier alpha value is -1.06. The van der Waals surface area contributed by atoms with Gasteiger partial charge in [-0.2, -0.15) is 0 Å². The number of hydrogen-bond acceptors (Lipinski definition) is 3. The number of nitrogens with two attached hydrogens (primary N) is 1. The SMILES string of the molecule is CC1(CN)CCN(Cc2ccccc2OCC2CC2)C1. The highest BCUT2D eigenvalue weighted by molar-refractivity contribution is 5.33. The van der Waals surface area contributed by atoms with Crippen LogP contribution < -0.4 is 10.5 Å². The van der Waals surface area contributed by atoms with Crippen molar-refractivity contribution >= 4 is 0 Å². The van der Waals surface area contributed by atoms with Crippen LogP contribution in [0.3, 0.4) is 0 Å². The first kappa shape index (κ1) is 13.9. The predicted octanol–water partition coefficient (Wildman–Crippen LogP) is 2.65. The third kappa shape index (κ3) is 3.33. The summed E-state index contributed by atoms with van der Waals surface area (Å²) < 4.78 is 6.00. The fraction of sp³-hybridized carbons (Fsp3) is 0.647. The van der Waals surface area contributed by atoms with Crippen molar-refractivity contribution in [3.8, 4) is 5.75 Å². The molecule has 2 aliphatic rings. The maximum atomic E-state index is 6.00. The van der Waals surface area contributed by atoms with Crippen LogP contribution in [0, 0.1) is 11.3 Å². The van der Waals surface area contributed by atoms with Gasteiger partial charge in [-0.15, -0.1) is 0 Å². The number of hydrogen-bond donors (Lipinski definition) is 1. The minimum absolute atomic E-state index is 0.295. The highest BCUT2D eigenvalue weighted by Crippen LogP contribution is 2.32. The van der Waals surface area contributed by atoms with E-state index in [0.29, 0.717) is 5.41 Å². The average Bonchev–Trinajstić information content (AvgIpc) is 3.22. The summed E-state index contributed by atoms with van der Waals surface area (Å²) in [4.78, 5) is 2.51. The molecule has 110 valence electrons. The summed E-state index contributed by atoms with van der Waals surface area (Å²) in [6.45, 7) is 7.19. The van der Waals surface area contributed by atoms with Gasteiger partial charge in [0.15, 0.2) is 0 Å². The summed E-state index contributed by atoms with van der Waals surface area (Å²) in [5.74, 6) is 1.87. The van der Waals surface area contributed by atoms with Crippen molar-refractivity contribution in [2.45, 2.75) is 32.7 Å². The average molecular weight is 274 g/mol. The standard InChI is InChI=1S/C17H26N2O/c1-17(12-18)8-9-19(13-17)10-15-4-2-3-5-16(15)20-11-14-6-7-14/h2-5,14H,6-13,18H2,1H3. The second-order valence-corrected chi connectivity index (χ2v) is 6.84. The summed E-state index contributed by atoms with van der Waals surface area (Å²) in [7, 11) is 0. The van der Waals surface area contributed by atoms with Crippen LogP contribution in [0.15, 0.2) is 24.3 Å². The topological polar surface area (TPSA) is 38.5 Å². The number of nitrogens with zero attached hydrogens (tertiary/aromatic N) is 1. The fourth-order valence-corrected chi connectivity index (χ4v) is 2.94. The lowest BCUT2D eigenvalue weighted by atomic mass is 9.90. The summed E-state index contributed by atoms with van der Waals surface area (Å²) in [6, 6.07) is 8.48. The quantitative estimate of drug-likeness (QED) is 0.866. The van der Waals surface area contributed by atoms with Gasteiger partial charge in [-0.05, 0) is 49.8 Å². The highest BCUT2D eigenvalue weighted by atomic mass is 16.5. The second kappa shape index (κ2) is 5.74. The number of ether oxygens (including phenoxy) is 1. The Morgan fingerprint density at radius 2 is 2.15 bits per heavy atom. The third-order valence-corrected chi connectivity index (χ3v) is 4.67. The van der Waals surface area contributed by atoms with Crippen molar-refractivity contribution in [1.82, 2.24) is 4.90 Å². The molecular weight excluding hydrogens is 248 g/mol. The maximum absolute atomic E-state index is 6.00. The fourth-order valence-electron chi connectivity index (χ4n) is 2.94. The Morgan fingerprint density at radius 3 is 2.85 bits per heavy atom. The van der Waals surface area contributed by atoms with Crippen molar-refractivity contribution in [2.24, 2.45) is 17.1 Å². The van der Waals surface area contributed by atoms with Crippen molar-refractivity contribution in [3.05, 3.63) is 29.8 Å². The van der Waals surface area contributed by atoms with Crippen LogP contribution in [0.2, 0.25) is 0 Å². The Bertz CT molecular complexity index is 458. The van der Waals surface area contributed by atoms with Crippen molar-refractivity contribution in [2.75, 3.05) is 26.2 Å². The molecule has 3 rings (SSSR count). The van der Waals surface area contributed by atoms with Crippen LogP contribution in [0.4, 0.5) is 0 Å². The molecule has 1 unspecified atom stereocenters. The van der Waals surface area contributed by atoms with Crippen LogP contribution >= 0.6 is 0 Å². The molecule has 1 aromatic carbocycles. The molecule has 1 heterocycles. The molecule has 1 saturated carbocycles. The molecule has 1 saturated heterocycles. The first-order chi connectivity index (χ1) is 9.68. The molecule has 0 bridgehead atoms. The minimum Gasteiger partial charge on any atom is -0.493 e. The number of likely N-dealkylation sites (tertiary alicyclic amines) is 1. The zero-order chi connectivity index (χ0) is 14.0. The molecule has 0 spiro atoms. The largest absolute Gasteiger partial charge is 0.493 e. The lowest BCUT2D eigenvalue weighted by Crippen LogP contribution is -2.31. The molecule has 1 aliphatic heterocycles. The lowest BCUT2D eigenvalue weighted by Gasteiger charge is -2.23. The van der Waals surface area contributed by atoms with E-state index in [4.69, 9.17) is 10.5 Å². The van der Waals surface area contributed by atoms with Gasteiger partial charge in [0.05, 0.1) is 6.61 Å². The maximum Gasteiger partial charge on any atom is 0.123 e. The molecule has 0 aromatic heterocycles. The molecule has 3 heteroatoms. The van der Waals surface area contributed by atoms with Crippen molar-refractivity contribution in [3.63, 3.8) is 0 Å². The van der Waals surface area contributed by atoms with E-state index in [9.17, 15) is 0 Å². The van der Waals surface area contributed by atoms with E-state index in [1.165, 1.54) is 24.8 Å². The van der Waals surface area contributed by atoms with Crippen LogP contribution in [0.1, 0.15) is 31.7 Å². The number of benzene rings is 1. The molecule has 3 nitrogen and oxygen atoms in total. The van der Waals surface area contributed by atoms with Gasteiger partial charge in [-0.25, -0.2) is 0 Å². The predicted molar refractivity (Wildman–Crippen MR) is 81.7 cm³/mol. The van der Waals surface area contributed by atoms with Gasteiger partial charge in [-0.3, -0.25) is 4.90 Å². The van der Waals surface area contributed by atoms with Crippen LogP contribution in [-0.2, 0) is 6.54 Å². The first-order valence-electron chi connectivity index (χ1n) is 7.82. The van der Waals surface area contributed by atoms with E-state index < -0.39 is 0 Å². The van der Waals surface area contributed by atoms with Gasteiger partial charge < -0.3 is 10.5 Å². The monoisotopic (exact) mass is 274 g/mol. The smallest absolute Gasteiger partial charge is 0.123 e. The molecule has 1 aromatic rings. The van der Waals surface area contributed by atoms with E-state index in [2.05, 4.69) is 36.1 Å². The number of para-hydroxylation sites is 1. The van der Waals surface area contributed by atoms with Crippen LogP contribution in [0.5, 0.6) is 5.75 Å². The zero-order valence-electron chi connectivity index (χ0n) is 12.5. The Labute approximate surface area is 122 Å². The summed E-state index contributed by atoms with van der Waals surface area (Å²) >= 11 is 0. The minimum atomic E-state index is 0.295. The van der Waals surface area contributed by atoms with Gasteiger partial charge in [-0.1, -0.05) is 25.1 Å². The summed E-state index contributed by atoms with van der Waals surface area (Å²) in [5.41, 5.74) is 7.50. The Morgan fingerprint density at radius 1 is 1.35 bits per heavy atom. The molecule has 1 atom stereocenters. The van der Waals surface area contributed by atoms with Gasteiger partial charge >= 0.3 is 0 Å². The molecule has 2 fully saturated rings. The Kier molecular flexibility index (Phi) is 3.99. The zero-order valence-corrected chi connectivity index (χ0v) is 12.5. The second-order valence-electron chi connectivity index (χ2n) is 6.84. The summed E-state index contributed by atoms with van der Waals surface area (Å²) in [6.07, 6.45) is 3.88. The summed E-state index contributed by atoms with van der Waals surface area (Å²) in [5, 5.41) is 0. The highest BCUT2D eigenvalue weighted by Gasteiger charge is 2.32. The third-order valence-electron chi connectivity index (χ3n) is 4.67. The first-order valence-corrected chi connectivity index (χ1v) is 7.82. The van der Waals surface area contributed by atoms with E-state index >= 15 is 0 Å². The Balaban J connectivity index is 1.61. The molecule has 0 amide bonds. The molecule has 20 heavy (non-hydrogen) atoms. The van der Waals surface area contributed by atoms with Crippen molar-refractivity contribution < 1.29 is 4.74 Å². The molecule has 1 aliphatic carbocycles. The van der Waals surface area contributed by atoms with E-state index in [-0.39, 0.29) is 0 Å². The van der Waals surface area contributed by atoms with Gasteiger partial charge in [0.25, 0.3) is 0 Å². The van der Waals surface area contributed by atoms with Crippen molar-refractivity contribution in [1.29, 1.82) is 0 Å². The lowest BCUT2D eigenvalue weighted by molar-refractivity contribution is 0.261. The van der Waals surface area contributed by atoms with Gasteiger partial charge in [0.1, 0.15) is 5.75 Å². The molecule has 2 N–H and O–H groups in total.